The second-order valence-electron chi connectivity index (χ2n) is 7.09. The molecule has 0 aliphatic carbocycles. The van der Waals surface area contributed by atoms with Gasteiger partial charge in [0.2, 0.25) is 0 Å². The third kappa shape index (κ3) is 3.12. The van der Waals surface area contributed by atoms with E-state index in [1.807, 2.05) is 32.0 Å². The van der Waals surface area contributed by atoms with Crippen molar-refractivity contribution in [3.05, 3.63) is 35.9 Å². The molecule has 1 rings (SSSR count). The van der Waals surface area contributed by atoms with E-state index in [0.29, 0.717) is 6.61 Å². The van der Waals surface area contributed by atoms with Gasteiger partial charge in [-0.05, 0) is 26.3 Å². The van der Waals surface area contributed by atoms with Crippen LogP contribution in [-0.4, -0.2) is 11.4 Å². The van der Waals surface area contributed by atoms with Gasteiger partial charge >= 0.3 is 0 Å². The molecule has 0 spiro atoms. The van der Waals surface area contributed by atoms with E-state index < -0.39 is 11.0 Å². The Morgan fingerprint density at radius 1 is 1.00 bits per heavy atom. The van der Waals surface area contributed by atoms with Crippen LogP contribution in [0.4, 0.5) is 0 Å². The van der Waals surface area contributed by atoms with Crippen LogP contribution < -0.4 is 0 Å². The van der Waals surface area contributed by atoms with Gasteiger partial charge in [0, 0.05) is 10.8 Å². The zero-order valence-electron chi connectivity index (χ0n) is 13.9. The molecule has 1 aromatic rings. The lowest BCUT2D eigenvalue weighted by Gasteiger charge is -2.50. The van der Waals surface area contributed by atoms with Gasteiger partial charge < -0.3 is 4.74 Å². The number of carbonyl (C=O) groups is 1. The van der Waals surface area contributed by atoms with Gasteiger partial charge in [-0.1, -0.05) is 58.0 Å². The summed E-state index contributed by atoms with van der Waals surface area (Å²) in [5.74, 6) is 0.193. The minimum Gasteiger partial charge on any atom is -0.370 e. The second-order valence-corrected chi connectivity index (χ2v) is 7.09. The standard InChI is InChI=1S/C18H28O2/c1-14(19)16(2,3)17(4,5)18(6,7)20-13-15-11-9-8-10-12-15/h8-12H,13H2,1-7H3. The maximum absolute atomic E-state index is 12.0. The first kappa shape index (κ1) is 16.9. The quantitative estimate of drug-likeness (QED) is 0.757. The van der Waals surface area contributed by atoms with Crippen LogP contribution in [0.15, 0.2) is 30.3 Å². The van der Waals surface area contributed by atoms with Gasteiger partial charge in [-0.15, -0.1) is 0 Å². The predicted molar refractivity (Wildman–Crippen MR) is 83.6 cm³/mol. The van der Waals surface area contributed by atoms with Gasteiger partial charge in [-0.2, -0.15) is 0 Å². The van der Waals surface area contributed by atoms with Gasteiger partial charge in [0.25, 0.3) is 0 Å². The Balaban J connectivity index is 2.89. The number of benzene rings is 1. The number of ketones is 1. The summed E-state index contributed by atoms with van der Waals surface area (Å²) < 4.78 is 6.16. The average Bonchev–Trinajstić information content (AvgIpc) is 2.37. The number of Topliss-reactive ketones (excluding diaryl/α,β-unsaturated/α-hetero) is 1. The lowest BCUT2D eigenvalue weighted by atomic mass is 9.58. The second kappa shape index (κ2) is 5.69. The lowest BCUT2D eigenvalue weighted by Crippen LogP contribution is -2.53. The van der Waals surface area contributed by atoms with Crippen LogP contribution in [0.3, 0.4) is 0 Å². The Labute approximate surface area is 123 Å². The van der Waals surface area contributed by atoms with Crippen LogP contribution in [0, 0.1) is 10.8 Å². The number of hydrogen-bond acceptors (Lipinski definition) is 2. The molecule has 0 heterocycles. The average molecular weight is 276 g/mol. The Morgan fingerprint density at radius 2 is 1.50 bits per heavy atom. The minimum absolute atomic E-state index is 0.193. The van der Waals surface area contributed by atoms with Crippen molar-refractivity contribution < 1.29 is 9.53 Å². The van der Waals surface area contributed by atoms with Crippen LogP contribution in [-0.2, 0) is 16.1 Å². The van der Waals surface area contributed by atoms with E-state index in [-0.39, 0.29) is 11.2 Å². The van der Waals surface area contributed by atoms with Crippen molar-refractivity contribution >= 4 is 5.78 Å². The van der Waals surface area contributed by atoms with Gasteiger partial charge in [-0.3, -0.25) is 4.79 Å². The topological polar surface area (TPSA) is 26.3 Å². The van der Waals surface area contributed by atoms with E-state index in [1.165, 1.54) is 0 Å². The third-order valence-corrected chi connectivity index (χ3v) is 5.39. The van der Waals surface area contributed by atoms with Gasteiger partial charge in [-0.25, -0.2) is 0 Å². The van der Waals surface area contributed by atoms with Crippen LogP contribution >= 0.6 is 0 Å². The van der Waals surface area contributed by atoms with Crippen molar-refractivity contribution in [1.82, 2.24) is 0 Å². The Bertz CT molecular complexity index is 456. The highest BCUT2D eigenvalue weighted by Crippen LogP contribution is 2.49. The molecule has 0 aliphatic heterocycles. The van der Waals surface area contributed by atoms with Crippen LogP contribution in [0.25, 0.3) is 0 Å². The summed E-state index contributed by atoms with van der Waals surface area (Å²) in [6.07, 6.45) is 0. The smallest absolute Gasteiger partial charge is 0.136 e. The Hall–Kier alpha value is -1.15. The fourth-order valence-electron chi connectivity index (χ4n) is 2.21. The molecule has 0 N–H and O–H groups in total. The van der Waals surface area contributed by atoms with E-state index in [4.69, 9.17) is 4.74 Å². The van der Waals surface area contributed by atoms with E-state index >= 15 is 0 Å². The van der Waals surface area contributed by atoms with Gasteiger partial charge in [0.15, 0.2) is 0 Å². The van der Waals surface area contributed by atoms with Crippen molar-refractivity contribution in [2.75, 3.05) is 0 Å². The maximum Gasteiger partial charge on any atom is 0.136 e. The van der Waals surface area contributed by atoms with Crippen molar-refractivity contribution in [2.24, 2.45) is 10.8 Å². The van der Waals surface area contributed by atoms with E-state index in [9.17, 15) is 4.79 Å². The Kier molecular flexibility index (Phi) is 4.81. The largest absolute Gasteiger partial charge is 0.370 e. The fraction of sp³-hybridized carbons (Fsp3) is 0.611. The highest BCUT2D eigenvalue weighted by atomic mass is 16.5. The molecule has 0 bridgehead atoms. The summed E-state index contributed by atoms with van der Waals surface area (Å²) in [5.41, 5.74) is 0.0308. The molecule has 0 atom stereocenters. The number of hydrogen-bond donors (Lipinski definition) is 0. The molecule has 0 amide bonds. The lowest BCUT2D eigenvalue weighted by molar-refractivity contribution is -0.165. The van der Waals surface area contributed by atoms with Crippen LogP contribution in [0.5, 0.6) is 0 Å². The molecular weight excluding hydrogens is 248 g/mol. The molecule has 0 radical (unpaired) electrons. The molecule has 0 aliphatic rings. The van der Waals surface area contributed by atoms with E-state index in [1.54, 1.807) is 6.92 Å². The van der Waals surface area contributed by atoms with Crippen LogP contribution in [0.1, 0.15) is 54.0 Å². The van der Waals surface area contributed by atoms with Crippen molar-refractivity contribution in [3.63, 3.8) is 0 Å². The summed E-state index contributed by atoms with van der Waals surface area (Å²) in [6, 6.07) is 10.1. The zero-order chi connectivity index (χ0) is 15.6. The highest BCUT2D eigenvalue weighted by Gasteiger charge is 2.51. The summed E-state index contributed by atoms with van der Waals surface area (Å²) in [5, 5.41) is 0. The molecule has 0 unspecified atom stereocenters. The third-order valence-electron chi connectivity index (χ3n) is 5.39. The monoisotopic (exact) mass is 276 g/mol. The van der Waals surface area contributed by atoms with Crippen LogP contribution in [0.2, 0.25) is 0 Å². The minimum atomic E-state index is -0.437. The fourth-order valence-corrected chi connectivity index (χ4v) is 2.21. The summed E-state index contributed by atoms with van der Waals surface area (Å²) >= 11 is 0. The summed E-state index contributed by atoms with van der Waals surface area (Å²) in [6.45, 7) is 14.6. The number of carbonyl (C=O) groups excluding carboxylic acids is 1. The molecule has 0 saturated heterocycles. The van der Waals surface area contributed by atoms with E-state index in [0.717, 1.165) is 5.56 Å². The van der Waals surface area contributed by atoms with Crippen molar-refractivity contribution in [2.45, 2.75) is 60.7 Å². The molecular formula is C18H28O2. The molecule has 0 fully saturated rings. The SMILES string of the molecule is CC(=O)C(C)(C)C(C)(C)C(C)(C)OCc1ccccc1. The molecule has 112 valence electrons. The first-order chi connectivity index (χ1) is 9.02. The summed E-state index contributed by atoms with van der Waals surface area (Å²) in [4.78, 5) is 12.0. The molecule has 1 aromatic carbocycles. The first-order valence-electron chi connectivity index (χ1n) is 7.21. The molecule has 0 aromatic heterocycles. The van der Waals surface area contributed by atoms with Gasteiger partial charge in [0.05, 0.1) is 12.2 Å². The molecule has 0 saturated carbocycles. The Morgan fingerprint density at radius 3 is 1.95 bits per heavy atom. The van der Waals surface area contributed by atoms with Crippen molar-refractivity contribution in [1.29, 1.82) is 0 Å². The normalized spacial score (nSPS) is 13.3. The molecule has 20 heavy (non-hydrogen) atoms. The number of ether oxygens (including phenoxy) is 1. The molecule has 2 heteroatoms. The van der Waals surface area contributed by atoms with Gasteiger partial charge in [0.1, 0.15) is 5.78 Å². The summed E-state index contributed by atoms with van der Waals surface area (Å²) in [7, 11) is 0. The first-order valence-corrected chi connectivity index (χ1v) is 7.21. The molecule has 2 nitrogen and oxygen atoms in total. The predicted octanol–water partition coefficient (Wildman–Crippen LogP) is 4.62. The maximum atomic E-state index is 12.0. The highest BCUT2D eigenvalue weighted by molar-refractivity contribution is 5.82. The number of rotatable bonds is 6. The zero-order valence-corrected chi connectivity index (χ0v) is 13.9. The van der Waals surface area contributed by atoms with E-state index in [2.05, 4.69) is 39.8 Å². The van der Waals surface area contributed by atoms with Crippen molar-refractivity contribution in [3.8, 4) is 0 Å².